The molecule has 0 saturated carbocycles. The van der Waals surface area contributed by atoms with Crippen LogP contribution in [0.1, 0.15) is 11.1 Å². The topological polar surface area (TPSA) is 24.1 Å². The molecule has 2 nitrogen and oxygen atoms in total. The summed E-state index contributed by atoms with van der Waals surface area (Å²) in [5.74, 6) is 0. The summed E-state index contributed by atoms with van der Waals surface area (Å²) in [6.45, 7) is 1.82. The van der Waals surface area contributed by atoms with E-state index in [1.807, 2.05) is 6.92 Å². The number of hydrogen-bond donors (Lipinski definition) is 2. The Bertz CT molecular complexity index is 701. The standard InChI is InChI=1S/C15H12ClF3N2S/c1-9-12(16)6-3-7-13(9)21-14(22)20-11-5-2-4-10(8-11)15(17,18)19/h2-8H,1H3,(H2,20,21,22). The molecule has 0 aliphatic carbocycles. The number of hydrogen-bond acceptors (Lipinski definition) is 1. The van der Waals surface area contributed by atoms with Gasteiger partial charge in [-0.2, -0.15) is 13.2 Å². The van der Waals surface area contributed by atoms with Crippen molar-refractivity contribution in [2.45, 2.75) is 13.1 Å². The SMILES string of the molecule is Cc1c(Cl)cccc1NC(=S)Nc1cccc(C(F)(F)F)c1. The van der Waals surface area contributed by atoms with Crippen molar-refractivity contribution >= 4 is 40.3 Å². The number of nitrogens with one attached hydrogen (secondary N) is 2. The number of alkyl halides is 3. The van der Waals surface area contributed by atoms with Gasteiger partial charge in [0.25, 0.3) is 0 Å². The molecular formula is C15H12ClF3N2S. The summed E-state index contributed by atoms with van der Waals surface area (Å²) in [5.41, 5.74) is 1.01. The molecule has 2 aromatic carbocycles. The first-order valence-corrected chi connectivity index (χ1v) is 7.06. The predicted octanol–water partition coefficient (Wildman–Crippen LogP) is 5.48. The highest BCUT2D eigenvalue weighted by Crippen LogP contribution is 2.30. The molecule has 0 aromatic heterocycles. The fraction of sp³-hybridized carbons (Fsp3) is 0.133. The van der Waals surface area contributed by atoms with Crippen LogP contribution >= 0.6 is 23.8 Å². The molecule has 0 aliphatic heterocycles. The minimum atomic E-state index is -4.39. The van der Waals surface area contributed by atoms with Gasteiger partial charge in [0.1, 0.15) is 0 Å². The molecular weight excluding hydrogens is 333 g/mol. The Hall–Kier alpha value is -1.79. The zero-order valence-electron chi connectivity index (χ0n) is 11.5. The summed E-state index contributed by atoms with van der Waals surface area (Å²) in [7, 11) is 0. The second-order valence-corrected chi connectivity index (χ2v) is 5.39. The highest BCUT2D eigenvalue weighted by Gasteiger charge is 2.30. The Balaban J connectivity index is 2.11. The average Bonchev–Trinajstić information content (AvgIpc) is 2.43. The lowest BCUT2D eigenvalue weighted by molar-refractivity contribution is -0.137. The van der Waals surface area contributed by atoms with Crippen LogP contribution in [-0.4, -0.2) is 5.11 Å². The second-order valence-electron chi connectivity index (χ2n) is 4.57. The molecule has 2 rings (SSSR count). The maximum absolute atomic E-state index is 12.7. The second kappa shape index (κ2) is 6.54. The van der Waals surface area contributed by atoms with Gasteiger partial charge in [-0.15, -0.1) is 0 Å². The van der Waals surface area contributed by atoms with E-state index in [1.165, 1.54) is 12.1 Å². The number of halogens is 4. The fourth-order valence-electron chi connectivity index (χ4n) is 1.80. The summed E-state index contributed by atoms with van der Waals surface area (Å²) in [4.78, 5) is 0. The summed E-state index contributed by atoms with van der Waals surface area (Å²) in [6.07, 6.45) is -4.39. The van der Waals surface area contributed by atoms with E-state index in [2.05, 4.69) is 10.6 Å². The van der Waals surface area contributed by atoms with Gasteiger partial charge in [-0.25, -0.2) is 0 Å². The Morgan fingerprint density at radius 3 is 2.45 bits per heavy atom. The lowest BCUT2D eigenvalue weighted by Gasteiger charge is -2.14. The lowest BCUT2D eigenvalue weighted by atomic mass is 10.2. The van der Waals surface area contributed by atoms with Crippen molar-refractivity contribution in [3.05, 3.63) is 58.6 Å². The Morgan fingerprint density at radius 2 is 1.77 bits per heavy atom. The third-order valence-corrected chi connectivity index (χ3v) is 3.58. The smallest absolute Gasteiger partial charge is 0.332 e. The molecule has 22 heavy (non-hydrogen) atoms. The van der Waals surface area contributed by atoms with Gasteiger partial charge in [0.2, 0.25) is 0 Å². The van der Waals surface area contributed by atoms with Crippen LogP contribution in [0.25, 0.3) is 0 Å². The molecule has 0 bridgehead atoms. The van der Waals surface area contributed by atoms with E-state index in [4.69, 9.17) is 23.8 Å². The van der Waals surface area contributed by atoms with Crippen LogP contribution in [0, 0.1) is 6.92 Å². The van der Waals surface area contributed by atoms with E-state index in [1.54, 1.807) is 18.2 Å². The first-order valence-electron chi connectivity index (χ1n) is 6.28. The van der Waals surface area contributed by atoms with Gasteiger partial charge in [0, 0.05) is 16.4 Å². The Kier molecular flexibility index (Phi) is 4.93. The van der Waals surface area contributed by atoms with Gasteiger partial charge in [-0.3, -0.25) is 0 Å². The molecule has 0 fully saturated rings. The molecule has 0 amide bonds. The van der Waals surface area contributed by atoms with Gasteiger partial charge in [0.05, 0.1) is 5.56 Å². The first-order chi connectivity index (χ1) is 10.3. The quantitative estimate of drug-likeness (QED) is 0.706. The van der Waals surface area contributed by atoms with Crippen molar-refractivity contribution in [3.8, 4) is 0 Å². The number of thiocarbonyl (C=S) groups is 1. The van der Waals surface area contributed by atoms with Crippen molar-refractivity contribution in [2.75, 3.05) is 10.6 Å². The molecule has 0 aliphatic rings. The summed E-state index contributed by atoms with van der Waals surface area (Å²) in [5, 5.41) is 6.40. The number of benzene rings is 2. The van der Waals surface area contributed by atoms with Crippen LogP contribution < -0.4 is 10.6 Å². The molecule has 2 aromatic rings. The molecule has 116 valence electrons. The van der Waals surface area contributed by atoms with Crippen LogP contribution in [0.3, 0.4) is 0 Å². The Morgan fingerprint density at radius 1 is 1.09 bits per heavy atom. The third kappa shape index (κ3) is 4.11. The zero-order chi connectivity index (χ0) is 16.3. The lowest BCUT2D eigenvalue weighted by Crippen LogP contribution is -2.20. The summed E-state index contributed by atoms with van der Waals surface area (Å²) in [6, 6.07) is 10.1. The number of rotatable bonds is 2. The van der Waals surface area contributed by atoms with E-state index in [0.717, 1.165) is 17.7 Å². The van der Waals surface area contributed by atoms with Crippen LogP contribution in [0.5, 0.6) is 0 Å². The molecule has 0 radical (unpaired) electrons. The maximum atomic E-state index is 12.7. The van der Waals surface area contributed by atoms with E-state index in [9.17, 15) is 13.2 Å². The van der Waals surface area contributed by atoms with E-state index >= 15 is 0 Å². The minimum absolute atomic E-state index is 0.185. The van der Waals surface area contributed by atoms with Crippen molar-refractivity contribution in [3.63, 3.8) is 0 Å². The maximum Gasteiger partial charge on any atom is 0.416 e. The molecule has 2 N–H and O–H groups in total. The highest BCUT2D eigenvalue weighted by molar-refractivity contribution is 7.80. The molecule has 7 heteroatoms. The predicted molar refractivity (Wildman–Crippen MR) is 87.5 cm³/mol. The van der Waals surface area contributed by atoms with Crippen LogP contribution in [-0.2, 0) is 6.18 Å². The van der Waals surface area contributed by atoms with Gasteiger partial charge in [-0.05, 0) is 55.0 Å². The fourth-order valence-corrected chi connectivity index (χ4v) is 2.20. The third-order valence-electron chi connectivity index (χ3n) is 2.96. The van der Waals surface area contributed by atoms with Crippen LogP contribution in [0.4, 0.5) is 24.5 Å². The largest absolute Gasteiger partial charge is 0.416 e. The van der Waals surface area contributed by atoms with E-state index < -0.39 is 11.7 Å². The van der Waals surface area contributed by atoms with Gasteiger partial charge < -0.3 is 10.6 Å². The van der Waals surface area contributed by atoms with E-state index in [-0.39, 0.29) is 10.8 Å². The first kappa shape index (κ1) is 16.6. The van der Waals surface area contributed by atoms with Crippen molar-refractivity contribution in [1.29, 1.82) is 0 Å². The average molecular weight is 345 g/mol. The highest BCUT2D eigenvalue weighted by atomic mass is 35.5. The Labute approximate surface area is 136 Å². The minimum Gasteiger partial charge on any atom is -0.332 e. The summed E-state index contributed by atoms with van der Waals surface area (Å²) >= 11 is 11.1. The molecule has 0 spiro atoms. The molecule has 0 atom stereocenters. The normalized spacial score (nSPS) is 11.1. The zero-order valence-corrected chi connectivity index (χ0v) is 13.0. The molecule has 0 saturated heterocycles. The van der Waals surface area contributed by atoms with Crippen LogP contribution in [0.2, 0.25) is 5.02 Å². The summed E-state index contributed by atoms with van der Waals surface area (Å²) < 4.78 is 38.0. The van der Waals surface area contributed by atoms with Crippen molar-refractivity contribution in [1.82, 2.24) is 0 Å². The van der Waals surface area contributed by atoms with Gasteiger partial charge in [0.15, 0.2) is 5.11 Å². The number of anilines is 2. The van der Waals surface area contributed by atoms with E-state index in [0.29, 0.717) is 10.7 Å². The van der Waals surface area contributed by atoms with Gasteiger partial charge in [-0.1, -0.05) is 23.7 Å². The monoisotopic (exact) mass is 344 g/mol. The van der Waals surface area contributed by atoms with Crippen LogP contribution in [0.15, 0.2) is 42.5 Å². The van der Waals surface area contributed by atoms with Crippen molar-refractivity contribution in [2.24, 2.45) is 0 Å². The molecule has 0 heterocycles. The van der Waals surface area contributed by atoms with Gasteiger partial charge >= 0.3 is 6.18 Å². The van der Waals surface area contributed by atoms with Crippen molar-refractivity contribution < 1.29 is 13.2 Å². The molecule has 0 unspecified atom stereocenters.